The van der Waals surface area contributed by atoms with Gasteiger partial charge in [0.1, 0.15) is 0 Å². The van der Waals surface area contributed by atoms with Crippen molar-refractivity contribution < 1.29 is 13.2 Å². The molecular weight excluding hydrogens is 369 g/mol. The fourth-order valence-corrected chi connectivity index (χ4v) is 4.68. The third-order valence-corrected chi connectivity index (χ3v) is 5.96. The van der Waals surface area contributed by atoms with Gasteiger partial charge in [-0.2, -0.15) is 13.2 Å². The van der Waals surface area contributed by atoms with Crippen molar-refractivity contribution in [1.29, 1.82) is 0 Å². The number of aryl methyl sites for hydroxylation is 1. The van der Waals surface area contributed by atoms with Crippen molar-refractivity contribution >= 4 is 23.5 Å². The minimum atomic E-state index is -4.45. The van der Waals surface area contributed by atoms with Gasteiger partial charge in [0.15, 0.2) is 5.16 Å². The van der Waals surface area contributed by atoms with E-state index in [-0.39, 0.29) is 11.2 Å². The molecular formula is C17H17F3N2OS2. The van der Waals surface area contributed by atoms with Crippen molar-refractivity contribution in [3.8, 4) is 5.69 Å². The van der Waals surface area contributed by atoms with Gasteiger partial charge in [0, 0.05) is 17.9 Å². The largest absolute Gasteiger partial charge is 0.416 e. The second-order valence-electron chi connectivity index (χ2n) is 5.66. The molecule has 0 aliphatic carbocycles. The van der Waals surface area contributed by atoms with Crippen molar-refractivity contribution in [3.63, 3.8) is 0 Å². The van der Waals surface area contributed by atoms with Crippen LogP contribution in [0.1, 0.15) is 31.0 Å². The van der Waals surface area contributed by atoms with Crippen LogP contribution in [0.2, 0.25) is 0 Å². The second kappa shape index (κ2) is 7.45. The predicted molar refractivity (Wildman–Crippen MR) is 94.9 cm³/mol. The van der Waals surface area contributed by atoms with Crippen LogP contribution in [-0.2, 0) is 12.6 Å². The summed E-state index contributed by atoms with van der Waals surface area (Å²) >= 11 is 2.84. The van der Waals surface area contributed by atoms with Crippen molar-refractivity contribution in [2.45, 2.75) is 42.4 Å². The van der Waals surface area contributed by atoms with E-state index in [0.717, 1.165) is 48.6 Å². The molecule has 0 atom stereocenters. The summed E-state index contributed by atoms with van der Waals surface area (Å²) in [5, 5.41) is 0.471. The molecule has 3 nitrogen and oxygen atoms in total. The van der Waals surface area contributed by atoms with E-state index in [0.29, 0.717) is 10.1 Å². The summed E-state index contributed by atoms with van der Waals surface area (Å²) in [5.41, 5.74) is -0.0702. The molecule has 25 heavy (non-hydrogen) atoms. The van der Waals surface area contributed by atoms with Gasteiger partial charge in [-0.1, -0.05) is 31.2 Å². The van der Waals surface area contributed by atoms with E-state index in [9.17, 15) is 18.0 Å². The van der Waals surface area contributed by atoms with Gasteiger partial charge in [-0.15, -0.1) is 11.8 Å². The standard InChI is InChI=1S/C17H17F3N2OS2/c1-2-3-8-25-16-21-13-7-9-24-14(13)15(23)22(16)12-6-4-5-11(10-12)17(18,19)20/h4-6,10H,2-3,7-9H2,1H3. The first kappa shape index (κ1) is 18.4. The fourth-order valence-electron chi connectivity index (χ4n) is 2.55. The maximum absolute atomic E-state index is 13.0. The van der Waals surface area contributed by atoms with E-state index in [2.05, 4.69) is 11.9 Å². The van der Waals surface area contributed by atoms with Crippen LogP contribution in [0.3, 0.4) is 0 Å². The molecule has 2 heterocycles. The Labute approximate surface area is 152 Å². The topological polar surface area (TPSA) is 34.9 Å². The van der Waals surface area contributed by atoms with Gasteiger partial charge in [0.05, 0.1) is 21.8 Å². The smallest absolute Gasteiger partial charge is 0.268 e. The van der Waals surface area contributed by atoms with Gasteiger partial charge >= 0.3 is 6.18 Å². The summed E-state index contributed by atoms with van der Waals surface area (Å²) in [7, 11) is 0. The van der Waals surface area contributed by atoms with Gasteiger partial charge in [0.25, 0.3) is 5.56 Å². The summed E-state index contributed by atoms with van der Waals surface area (Å²) in [6.07, 6.45) is -1.77. The highest BCUT2D eigenvalue weighted by molar-refractivity contribution is 7.99. The molecule has 134 valence electrons. The minimum Gasteiger partial charge on any atom is -0.268 e. The number of rotatable bonds is 5. The van der Waals surface area contributed by atoms with Crippen LogP contribution in [-0.4, -0.2) is 21.1 Å². The molecule has 2 aromatic rings. The third-order valence-electron chi connectivity index (χ3n) is 3.83. The highest BCUT2D eigenvalue weighted by Gasteiger charge is 2.31. The van der Waals surface area contributed by atoms with Gasteiger partial charge < -0.3 is 0 Å². The molecule has 0 bridgehead atoms. The van der Waals surface area contributed by atoms with Gasteiger partial charge in [0.2, 0.25) is 0 Å². The molecule has 0 fully saturated rings. The summed E-state index contributed by atoms with van der Waals surface area (Å²) in [6, 6.07) is 4.87. The lowest BCUT2D eigenvalue weighted by Gasteiger charge is -2.15. The Morgan fingerprint density at radius 3 is 2.88 bits per heavy atom. The number of thioether (sulfide) groups is 2. The van der Waals surface area contributed by atoms with Crippen molar-refractivity contribution in [3.05, 3.63) is 45.9 Å². The molecule has 1 aliphatic heterocycles. The molecule has 0 radical (unpaired) electrons. The molecule has 1 aromatic carbocycles. The number of hydrogen-bond donors (Lipinski definition) is 0. The van der Waals surface area contributed by atoms with Gasteiger partial charge in [-0.25, -0.2) is 4.98 Å². The molecule has 8 heteroatoms. The third kappa shape index (κ3) is 3.89. The maximum atomic E-state index is 13.0. The highest BCUT2D eigenvalue weighted by atomic mass is 32.2. The first-order chi connectivity index (χ1) is 11.9. The van der Waals surface area contributed by atoms with E-state index in [1.165, 1.54) is 40.2 Å². The molecule has 0 spiro atoms. The average molecular weight is 386 g/mol. The van der Waals surface area contributed by atoms with E-state index in [4.69, 9.17) is 0 Å². The van der Waals surface area contributed by atoms with Crippen LogP contribution in [0.5, 0.6) is 0 Å². The zero-order valence-corrected chi connectivity index (χ0v) is 15.2. The van der Waals surface area contributed by atoms with E-state index in [1.54, 1.807) is 0 Å². The molecule has 1 aromatic heterocycles. The number of unbranched alkanes of at least 4 members (excludes halogenated alkanes) is 1. The second-order valence-corrected chi connectivity index (χ2v) is 7.83. The van der Waals surface area contributed by atoms with E-state index in [1.807, 2.05) is 0 Å². The van der Waals surface area contributed by atoms with E-state index >= 15 is 0 Å². The van der Waals surface area contributed by atoms with Crippen LogP contribution >= 0.6 is 23.5 Å². The first-order valence-electron chi connectivity index (χ1n) is 8.01. The molecule has 0 N–H and O–H groups in total. The van der Waals surface area contributed by atoms with Crippen LogP contribution in [0.25, 0.3) is 5.69 Å². The Kier molecular flexibility index (Phi) is 5.48. The summed E-state index contributed by atoms with van der Waals surface area (Å²) in [5.74, 6) is 1.55. The van der Waals surface area contributed by atoms with Crippen LogP contribution in [0.4, 0.5) is 13.2 Å². The fraction of sp³-hybridized carbons (Fsp3) is 0.412. The molecule has 0 saturated carbocycles. The molecule has 0 saturated heterocycles. The first-order valence-corrected chi connectivity index (χ1v) is 9.98. The molecule has 0 unspecified atom stereocenters. The predicted octanol–water partition coefficient (Wildman–Crippen LogP) is 4.79. The number of aromatic nitrogens is 2. The molecule has 0 amide bonds. The Balaban J connectivity index is 2.12. The van der Waals surface area contributed by atoms with Crippen molar-refractivity contribution in [2.24, 2.45) is 0 Å². The Hall–Kier alpha value is -1.41. The lowest BCUT2D eigenvalue weighted by molar-refractivity contribution is -0.137. The number of alkyl halides is 3. The number of nitrogens with zero attached hydrogens (tertiary/aromatic N) is 2. The highest BCUT2D eigenvalue weighted by Crippen LogP contribution is 2.33. The lowest BCUT2D eigenvalue weighted by atomic mass is 10.2. The Morgan fingerprint density at radius 2 is 2.16 bits per heavy atom. The van der Waals surface area contributed by atoms with Crippen molar-refractivity contribution in [1.82, 2.24) is 9.55 Å². The summed E-state index contributed by atoms with van der Waals surface area (Å²) < 4.78 is 40.4. The molecule has 3 rings (SSSR count). The van der Waals surface area contributed by atoms with Gasteiger partial charge in [-0.3, -0.25) is 9.36 Å². The molecule has 1 aliphatic rings. The average Bonchev–Trinajstić information content (AvgIpc) is 3.03. The normalized spacial score (nSPS) is 13.9. The Morgan fingerprint density at radius 1 is 1.36 bits per heavy atom. The quantitative estimate of drug-likeness (QED) is 0.420. The SMILES string of the molecule is CCCCSc1nc2c(c(=O)n1-c1cccc(C(F)(F)F)c1)SCC2. The number of hydrogen-bond acceptors (Lipinski definition) is 4. The number of fused-ring (bicyclic) bond motifs is 1. The Bertz CT molecular complexity index is 834. The minimum absolute atomic E-state index is 0.210. The van der Waals surface area contributed by atoms with Gasteiger partial charge in [-0.05, 0) is 24.6 Å². The van der Waals surface area contributed by atoms with Crippen molar-refractivity contribution in [2.75, 3.05) is 11.5 Å². The number of halogens is 3. The maximum Gasteiger partial charge on any atom is 0.416 e. The number of benzene rings is 1. The zero-order chi connectivity index (χ0) is 18.0. The van der Waals surface area contributed by atoms with Crippen LogP contribution < -0.4 is 5.56 Å². The summed E-state index contributed by atoms with van der Waals surface area (Å²) in [6.45, 7) is 2.06. The van der Waals surface area contributed by atoms with E-state index < -0.39 is 11.7 Å². The monoisotopic (exact) mass is 386 g/mol. The van der Waals surface area contributed by atoms with Crippen LogP contribution in [0.15, 0.2) is 39.1 Å². The van der Waals surface area contributed by atoms with Crippen LogP contribution in [0, 0.1) is 0 Å². The lowest BCUT2D eigenvalue weighted by Crippen LogP contribution is -2.24. The summed E-state index contributed by atoms with van der Waals surface area (Å²) in [4.78, 5) is 18.0. The zero-order valence-electron chi connectivity index (χ0n) is 13.6.